The molecule has 0 radical (unpaired) electrons. The van der Waals surface area contributed by atoms with Gasteiger partial charge in [-0.3, -0.25) is 13.8 Å². The maximum absolute atomic E-state index is 14.7. The number of hydrogen-bond acceptors (Lipinski definition) is 18. The Morgan fingerprint density at radius 3 is 1.93 bits per heavy atom. The van der Waals surface area contributed by atoms with Crippen molar-refractivity contribution in [2.45, 2.75) is 73.7 Å². The first kappa shape index (κ1) is 58.9. The van der Waals surface area contributed by atoms with E-state index in [2.05, 4.69) is 25.3 Å². The van der Waals surface area contributed by atoms with Crippen LogP contribution in [0.1, 0.15) is 60.3 Å². The van der Waals surface area contributed by atoms with Crippen LogP contribution in [-0.4, -0.2) is 101 Å². The number of aromatic nitrogens is 4. The number of amides is 1. The van der Waals surface area contributed by atoms with Gasteiger partial charge in [-0.1, -0.05) is 103 Å². The van der Waals surface area contributed by atoms with Crippen molar-refractivity contribution in [2.75, 3.05) is 34.5 Å². The molecule has 0 saturated heterocycles. The van der Waals surface area contributed by atoms with E-state index in [4.69, 9.17) is 32.6 Å². The summed E-state index contributed by atoms with van der Waals surface area (Å²) in [6.45, 7) is 5.84. The summed E-state index contributed by atoms with van der Waals surface area (Å²) < 4.78 is 98.5. The Kier molecular flexibility index (Phi) is 18.9. The van der Waals surface area contributed by atoms with Crippen LogP contribution in [0.5, 0.6) is 23.0 Å². The van der Waals surface area contributed by atoms with Crippen LogP contribution < -0.4 is 29.0 Å². The van der Waals surface area contributed by atoms with E-state index in [1.165, 1.54) is 30.8 Å². The molecule has 20 nitrogen and oxygen atoms in total. The first-order valence-corrected chi connectivity index (χ1v) is 29.1. The van der Waals surface area contributed by atoms with E-state index >= 15 is 0 Å². The second-order valence-corrected chi connectivity index (χ2v) is 23.5. The van der Waals surface area contributed by atoms with Gasteiger partial charge in [-0.15, -0.1) is 16.4 Å². The van der Waals surface area contributed by atoms with Gasteiger partial charge in [0, 0.05) is 13.3 Å². The maximum atomic E-state index is 14.7. The number of carbonyl (C=O) groups is 3. The zero-order valence-corrected chi connectivity index (χ0v) is 47.8. The third-order valence-electron chi connectivity index (χ3n) is 12.9. The second kappa shape index (κ2) is 25.9. The van der Waals surface area contributed by atoms with Gasteiger partial charge in [-0.25, -0.2) is 22.9 Å². The van der Waals surface area contributed by atoms with E-state index in [9.17, 15) is 31.2 Å². The minimum Gasteiger partial charge on any atom is -0.497 e. The zero-order chi connectivity index (χ0) is 57.9. The molecule has 0 aliphatic heterocycles. The number of hydrogen-bond donors (Lipinski definition) is 2. The van der Waals surface area contributed by atoms with Crippen LogP contribution in [0, 0.1) is 12.8 Å². The van der Waals surface area contributed by atoms with Gasteiger partial charge in [0.1, 0.15) is 66.1 Å². The van der Waals surface area contributed by atoms with Crippen molar-refractivity contribution in [2.24, 2.45) is 5.92 Å². The number of sulfonamides is 1. The molecule has 81 heavy (non-hydrogen) atoms. The lowest BCUT2D eigenvalue weighted by Gasteiger charge is -2.36. The number of thiazole rings is 1. The number of aryl methyl sites for hydroxylation is 1. The van der Waals surface area contributed by atoms with Crippen LogP contribution in [0.15, 0.2) is 161 Å². The molecule has 0 saturated carbocycles. The molecule has 8 aromatic rings. The van der Waals surface area contributed by atoms with Crippen LogP contribution in [-0.2, 0) is 66.7 Å². The van der Waals surface area contributed by atoms with E-state index < -0.39 is 68.3 Å². The molecule has 0 bridgehead atoms. The third kappa shape index (κ3) is 14.4. The molecular formula is C58H60N6O14S3. The Hall–Kier alpha value is -8.22. The highest BCUT2D eigenvalue weighted by Crippen LogP contribution is 2.41. The molecule has 1 amide bonds. The Labute approximate surface area is 473 Å². The largest absolute Gasteiger partial charge is 0.497 e. The first-order valence-electron chi connectivity index (χ1n) is 25.4. The van der Waals surface area contributed by atoms with Gasteiger partial charge in [-0.05, 0) is 102 Å². The highest BCUT2D eigenvalue weighted by atomic mass is 32.2. The maximum Gasteiger partial charge on any atom is 0.328 e. The minimum absolute atomic E-state index is 0.0185. The molecule has 6 aromatic carbocycles. The summed E-state index contributed by atoms with van der Waals surface area (Å²) in [7, 11) is -4.18. The van der Waals surface area contributed by atoms with E-state index in [-0.39, 0.29) is 40.5 Å². The molecule has 0 aliphatic carbocycles. The SMILES string of the molecule is COC(=O)C(Cc1ccc(OC(COC(C)=O)COS(=O)(=O)c2ccc(C)cc2)cc1)NC(=O)[C@H](C(C)C)n1cc(COc2ccc3nc(S(=O)(=O)NC(c4ccccc4)(c4ccc(OC)cc4)c4ccc(OC)cc4)sc3c2)nn1. The van der Waals surface area contributed by atoms with Crippen molar-refractivity contribution in [3.63, 3.8) is 0 Å². The van der Waals surface area contributed by atoms with Crippen molar-refractivity contribution in [1.82, 2.24) is 30.0 Å². The number of benzene rings is 6. The molecule has 23 heteroatoms. The topological polar surface area (TPSA) is 252 Å². The standard InChI is InChI=1S/C58H60N6O14S3/c1-37(2)54(55(66)59-52(56(67)74-7)31-40-15-21-47(22-16-40)78-49(35-75-39(4)65)36-77-81(70,71)50-28-13-38(3)14-29-50)64-33-44(61-63-64)34-76-48-27-30-51-53(32-48)79-57(60-51)80(68,69)62-58(41-11-9-8-10-12-41,42-17-23-45(72-5)24-18-42)43-19-25-46(73-6)26-20-43/h8-30,32-33,37,49,52,54,62H,31,34-36H2,1-7H3,(H,59,66)/t49?,52?,54-/m0/s1. The average molecular weight is 1160 g/mol. The first-order chi connectivity index (χ1) is 38.8. The fraction of sp³-hybridized carbons (Fsp3) is 0.276. The lowest BCUT2D eigenvalue weighted by Crippen LogP contribution is -2.47. The molecular weight excluding hydrogens is 1100 g/mol. The third-order valence-corrected chi connectivity index (χ3v) is 17.0. The summed E-state index contributed by atoms with van der Waals surface area (Å²) in [6.07, 6.45) is 0.579. The van der Waals surface area contributed by atoms with Gasteiger partial charge in [0.2, 0.25) is 10.2 Å². The van der Waals surface area contributed by atoms with Crippen molar-refractivity contribution in [3.8, 4) is 23.0 Å². The van der Waals surface area contributed by atoms with E-state index in [1.807, 2.05) is 75.4 Å². The van der Waals surface area contributed by atoms with Crippen molar-refractivity contribution in [1.29, 1.82) is 0 Å². The molecule has 8 rings (SSSR count). The molecule has 0 spiro atoms. The predicted octanol–water partition coefficient (Wildman–Crippen LogP) is 7.88. The Bertz CT molecular complexity index is 3630. The molecule has 2 aromatic heterocycles. The van der Waals surface area contributed by atoms with Crippen LogP contribution >= 0.6 is 11.3 Å². The zero-order valence-electron chi connectivity index (χ0n) is 45.3. The Morgan fingerprint density at radius 1 is 0.728 bits per heavy atom. The molecule has 3 atom stereocenters. The monoisotopic (exact) mass is 1160 g/mol. The molecule has 2 heterocycles. The summed E-state index contributed by atoms with van der Waals surface area (Å²) >= 11 is 0.977. The number of nitrogens with one attached hydrogen (secondary N) is 2. The van der Waals surface area contributed by atoms with Gasteiger partial charge in [0.05, 0.1) is 42.6 Å². The fourth-order valence-electron chi connectivity index (χ4n) is 8.77. The summed E-state index contributed by atoms with van der Waals surface area (Å²) in [4.78, 5) is 43.3. The van der Waals surface area contributed by atoms with Crippen molar-refractivity contribution in [3.05, 3.63) is 185 Å². The number of fused-ring (bicyclic) bond motifs is 1. The highest BCUT2D eigenvalue weighted by molar-refractivity contribution is 7.91. The van der Waals surface area contributed by atoms with E-state index in [0.29, 0.717) is 55.4 Å². The number of carbonyl (C=O) groups excluding carboxylic acids is 3. The van der Waals surface area contributed by atoms with Gasteiger partial charge >= 0.3 is 11.9 Å². The molecule has 0 fully saturated rings. The van der Waals surface area contributed by atoms with Gasteiger partial charge in [-0.2, -0.15) is 13.1 Å². The molecule has 424 valence electrons. The lowest BCUT2D eigenvalue weighted by molar-refractivity contribution is -0.145. The smallest absolute Gasteiger partial charge is 0.328 e. The van der Waals surface area contributed by atoms with Gasteiger partial charge in [0.25, 0.3) is 20.1 Å². The number of nitrogens with zero attached hydrogens (tertiary/aromatic N) is 4. The van der Waals surface area contributed by atoms with Crippen LogP contribution in [0.2, 0.25) is 0 Å². The molecule has 2 unspecified atom stereocenters. The number of ether oxygens (including phenoxy) is 6. The van der Waals surface area contributed by atoms with E-state index in [1.54, 1.807) is 99.3 Å². The summed E-state index contributed by atoms with van der Waals surface area (Å²) in [6, 6.07) is 39.2. The van der Waals surface area contributed by atoms with Crippen molar-refractivity contribution < 1.29 is 63.8 Å². The Balaban J connectivity index is 0.931. The van der Waals surface area contributed by atoms with Crippen LogP contribution in [0.3, 0.4) is 0 Å². The van der Waals surface area contributed by atoms with Gasteiger partial charge < -0.3 is 33.7 Å². The number of methoxy groups -OCH3 is 3. The second-order valence-electron chi connectivity index (χ2n) is 19.0. The lowest BCUT2D eigenvalue weighted by atomic mass is 9.78. The number of rotatable bonds is 26. The highest BCUT2D eigenvalue weighted by Gasteiger charge is 2.42. The average Bonchev–Trinajstić information content (AvgIpc) is 4.33. The minimum atomic E-state index is -4.35. The van der Waals surface area contributed by atoms with Crippen molar-refractivity contribution >= 4 is 59.5 Å². The fourth-order valence-corrected chi connectivity index (χ4v) is 12.3. The summed E-state index contributed by atoms with van der Waals surface area (Å²) in [5, 5.41) is 11.3. The molecule has 2 N–H and O–H groups in total. The Morgan fingerprint density at radius 2 is 1.33 bits per heavy atom. The van der Waals surface area contributed by atoms with Gasteiger partial charge in [0.15, 0.2) is 6.10 Å². The summed E-state index contributed by atoms with van der Waals surface area (Å²) in [5.41, 5.74) is 2.77. The summed E-state index contributed by atoms with van der Waals surface area (Å²) in [5.74, 6) is -0.282. The quantitative estimate of drug-likeness (QED) is 0.0297. The van der Waals surface area contributed by atoms with Crippen LogP contribution in [0.4, 0.5) is 0 Å². The normalized spacial score (nSPS) is 13.0. The predicted molar refractivity (Wildman–Crippen MR) is 300 cm³/mol. The van der Waals surface area contributed by atoms with Crippen LogP contribution in [0.25, 0.3) is 10.2 Å². The number of esters is 2. The molecule has 0 aliphatic rings. The van der Waals surface area contributed by atoms with E-state index in [0.717, 1.165) is 16.9 Å².